The van der Waals surface area contributed by atoms with Gasteiger partial charge in [0, 0.05) is 10.4 Å². The van der Waals surface area contributed by atoms with Crippen LogP contribution in [0.15, 0.2) is 76.6 Å². The Morgan fingerprint density at radius 2 is 1.90 bits per heavy atom. The highest BCUT2D eigenvalue weighted by Gasteiger charge is 2.15. The van der Waals surface area contributed by atoms with Gasteiger partial charge in [-0.3, -0.25) is 4.79 Å². The van der Waals surface area contributed by atoms with Gasteiger partial charge in [0.15, 0.2) is 0 Å². The van der Waals surface area contributed by atoms with E-state index >= 15 is 0 Å². The molecule has 5 rings (SSSR count). The van der Waals surface area contributed by atoms with Crippen LogP contribution >= 0.6 is 22.7 Å². The number of carbonyl (C=O) groups is 1. The molecule has 29 heavy (non-hydrogen) atoms. The molecule has 1 amide bonds. The summed E-state index contributed by atoms with van der Waals surface area (Å²) in [5, 5.41) is 10.1. The molecule has 0 spiro atoms. The van der Waals surface area contributed by atoms with E-state index in [1.165, 1.54) is 11.3 Å². The van der Waals surface area contributed by atoms with Crippen LogP contribution in [0.4, 0.5) is 5.69 Å². The monoisotopic (exact) mass is 417 g/mol. The highest BCUT2D eigenvalue weighted by molar-refractivity contribution is 7.20. The van der Waals surface area contributed by atoms with E-state index < -0.39 is 0 Å². The summed E-state index contributed by atoms with van der Waals surface area (Å²) >= 11 is 3.05. The molecule has 0 saturated carbocycles. The highest BCUT2D eigenvalue weighted by Crippen LogP contribution is 2.27. The van der Waals surface area contributed by atoms with Gasteiger partial charge in [0.05, 0.1) is 16.2 Å². The van der Waals surface area contributed by atoms with E-state index in [9.17, 15) is 4.79 Å². The molecule has 0 aliphatic rings. The summed E-state index contributed by atoms with van der Waals surface area (Å²) in [4.78, 5) is 18.9. The van der Waals surface area contributed by atoms with Crippen molar-refractivity contribution in [1.29, 1.82) is 0 Å². The number of thiophene rings is 2. The second-order valence-corrected chi connectivity index (χ2v) is 8.46. The minimum absolute atomic E-state index is 0.122. The number of rotatable bonds is 5. The molecule has 7 heteroatoms. The number of nitrogens with zero attached hydrogens (tertiary/aromatic N) is 2. The summed E-state index contributed by atoms with van der Waals surface area (Å²) in [5.74, 6) is 0.974. The van der Waals surface area contributed by atoms with Crippen LogP contribution in [0.3, 0.4) is 0 Å². The maximum absolute atomic E-state index is 12.8. The Kier molecular flexibility index (Phi) is 4.67. The van der Waals surface area contributed by atoms with Crippen LogP contribution in [-0.2, 0) is 6.42 Å². The minimum atomic E-state index is -0.122. The molecule has 0 fully saturated rings. The number of amides is 1. The van der Waals surface area contributed by atoms with Crippen molar-refractivity contribution < 1.29 is 9.32 Å². The van der Waals surface area contributed by atoms with Crippen molar-refractivity contribution in [3.8, 4) is 10.7 Å². The first-order valence-electron chi connectivity index (χ1n) is 9.00. The fourth-order valence-electron chi connectivity index (χ4n) is 3.07. The van der Waals surface area contributed by atoms with Gasteiger partial charge in [-0.25, -0.2) is 0 Å². The molecule has 142 valence electrons. The van der Waals surface area contributed by atoms with Gasteiger partial charge in [0.25, 0.3) is 5.91 Å². The Balaban J connectivity index is 1.37. The van der Waals surface area contributed by atoms with E-state index in [1.54, 1.807) is 11.3 Å². The second-order valence-electron chi connectivity index (χ2n) is 6.43. The van der Waals surface area contributed by atoms with E-state index in [2.05, 4.69) is 15.5 Å². The number of anilines is 1. The quantitative estimate of drug-likeness (QED) is 0.389. The summed E-state index contributed by atoms with van der Waals surface area (Å²) in [6.45, 7) is 0. The van der Waals surface area contributed by atoms with Crippen molar-refractivity contribution in [2.45, 2.75) is 6.42 Å². The second kappa shape index (κ2) is 7.62. The first kappa shape index (κ1) is 17.8. The number of hydrogen-bond donors (Lipinski definition) is 1. The number of carbonyl (C=O) groups excluding carboxylic acids is 1. The molecule has 5 nitrogen and oxygen atoms in total. The molecule has 2 aromatic carbocycles. The molecular formula is C22H15N3O2S2. The van der Waals surface area contributed by atoms with Gasteiger partial charge in [-0.2, -0.15) is 4.98 Å². The fraction of sp³-hybridized carbons (Fsp3) is 0.0455. The Morgan fingerprint density at radius 1 is 1.03 bits per heavy atom. The molecule has 3 heterocycles. The Hall–Kier alpha value is -3.29. The SMILES string of the molecule is O=C(Nc1ccccc1Cc1nc(-c2cccs2)no1)c1cc2ccccc2s1. The number of aromatic nitrogens is 2. The highest BCUT2D eigenvalue weighted by atomic mass is 32.1. The predicted molar refractivity (Wildman–Crippen MR) is 117 cm³/mol. The maximum atomic E-state index is 12.8. The van der Waals surface area contributed by atoms with Gasteiger partial charge in [0.1, 0.15) is 0 Å². The fourth-order valence-corrected chi connectivity index (χ4v) is 4.68. The maximum Gasteiger partial charge on any atom is 0.265 e. The number of para-hydroxylation sites is 1. The van der Waals surface area contributed by atoms with E-state index in [0.717, 1.165) is 26.2 Å². The van der Waals surface area contributed by atoms with Crippen molar-refractivity contribution in [3.63, 3.8) is 0 Å². The number of nitrogens with one attached hydrogen (secondary N) is 1. The molecule has 0 radical (unpaired) electrons. The smallest absolute Gasteiger partial charge is 0.265 e. The molecule has 0 atom stereocenters. The average Bonchev–Trinajstić information content (AvgIpc) is 3.49. The van der Waals surface area contributed by atoms with Gasteiger partial charge in [-0.1, -0.05) is 47.6 Å². The number of benzene rings is 2. The standard InChI is InChI=1S/C22H15N3O2S2/c26-22(19-12-15-7-2-4-9-17(15)29-19)23-16-8-3-1-6-14(16)13-20-24-21(25-27-20)18-10-5-11-28-18/h1-12H,13H2,(H,23,26). The van der Waals surface area contributed by atoms with Gasteiger partial charge in [-0.15, -0.1) is 22.7 Å². The van der Waals surface area contributed by atoms with Crippen molar-refractivity contribution >= 4 is 44.4 Å². The lowest BCUT2D eigenvalue weighted by Gasteiger charge is -2.08. The number of hydrogen-bond acceptors (Lipinski definition) is 6. The van der Waals surface area contributed by atoms with Crippen LogP contribution in [0.5, 0.6) is 0 Å². The zero-order chi connectivity index (χ0) is 19.6. The lowest BCUT2D eigenvalue weighted by Crippen LogP contribution is -2.12. The molecule has 5 aromatic rings. The van der Waals surface area contributed by atoms with Crippen LogP contribution in [0, 0.1) is 0 Å². The van der Waals surface area contributed by atoms with Crippen molar-refractivity contribution in [3.05, 3.63) is 88.4 Å². The lowest BCUT2D eigenvalue weighted by molar-refractivity contribution is 0.103. The zero-order valence-electron chi connectivity index (χ0n) is 15.2. The summed E-state index contributed by atoms with van der Waals surface area (Å²) in [6, 6.07) is 21.5. The Bertz CT molecular complexity index is 1260. The molecule has 0 saturated heterocycles. The first-order valence-corrected chi connectivity index (χ1v) is 10.7. The van der Waals surface area contributed by atoms with Gasteiger partial charge < -0.3 is 9.84 Å². The topological polar surface area (TPSA) is 68.0 Å². The molecule has 0 unspecified atom stereocenters. The van der Waals surface area contributed by atoms with Crippen molar-refractivity contribution in [1.82, 2.24) is 10.1 Å². The number of fused-ring (bicyclic) bond motifs is 1. The summed E-state index contributed by atoms with van der Waals surface area (Å²) in [6.07, 6.45) is 0.446. The molecule has 0 aliphatic carbocycles. The molecule has 3 aromatic heterocycles. The van der Waals surface area contributed by atoms with Gasteiger partial charge >= 0.3 is 0 Å². The Morgan fingerprint density at radius 3 is 2.76 bits per heavy atom. The van der Waals surface area contributed by atoms with E-state index in [-0.39, 0.29) is 5.91 Å². The third-order valence-corrected chi connectivity index (χ3v) is 6.45. The summed E-state index contributed by atoms with van der Waals surface area (Å²) in [5.41, 5.74) is 1.66. The summed E-state index contributed by atoms with van der Waals surface area (Å²) < 4.78 is 6.51. The zero-order valence-corrected chi connectivity index (χ0v) is 16.8. The third-order valence-electron chi connectivity index (χ3n) is 4.47. The van der Waals surface area contributed by atoms with Gasteiger partial charge in [0.2, 0.25) is 11.7 Å². The van der Waals surface area contributed by atoms with Crippen molar-refractivity contribution in [2.75, 3.05) is 5.32 Å². The van der Waals surface area contributed by atoms with E-state index in [1.807, 2.05) is 72.1 Å². The third kappa shape index (κ3) is 3.70. The molecule has 0 aliphatic heterocycles. The van der Waals surface area contributed by atoms with Gasteiger partial charge in [-0.05, 0) is 40.6 Å². The Labute approximate surface area is 174 Å². The lowest BCUT2D eigenvalue weighted by atomic mass is 10.1. The predicted octanol–water partition coefficient (Wildman–Crippen LogP) is 5.86. The summed E-state index contributed by atoms with van der Waals surface area (Å²) in [7, 11) is 0. The van der Waals surface area contributed by atoms with Crippen molar-refractivity contribution in [2.24, 2.45) is 0 Å². The first-order chi connectivity index (χ1) is 14.3. The van der Waals surface area contributed by atoms with E-state index in [0.29, 0.717) is 23.0 Å². The molecule has 0 bridgehead atoms. The normalized spacial score (nSPS) is 11.0. The van der Waals surface area contributed by atoms with Crippen LogP contribution in [0.1, 0.15) is 21.1 Å². The van der Waals surface area contributed by atoms with E-state index in [4.69, 9.17) is 4.52 Å². The van der Waals surface area contributed by atoms with Crippen LogP contribution in [0.2, 0.25) is 0 Å². The molecular weight excluding hydrogens is 402 g/mol. The molecule has 1 N–H and O–H groups in total. The largest absolute Gasteiger partial charge is 0.339 e. The minimum Gasteiger partial charge on any atom is -0.339 e. The van der Waals surface area contributed by atoms with Crippen LogP contribution < -0.4 is 5.32 Å². The van der Waals surface area contributed by atoms with Crippen LogP contribution in [-0.4, -0.2) is 16.0 Å². The van der Waals surface area contributed by atoms with Crippen LogP contribution in [0.25, 0.3) is 20.8 Å². The average molecular weight is 418 g/mol.